The van der Waals surface area contributed by atoms with Crippen LogP contribution >= 0.6 is 0 Å². The molecule has 43 heavy (non-hydrogen) atoms. The van der Waals surface area contributed by atoms with Crippen LogP contribution in [-0.4, -0.2) is 42.7 Å². The zero-order valence-electron chi connectivity index (χ0n) is 21.6. The third kappa shape index (κ3) is 6.19. The number of hydrogen-bond donors (Lipinski definition) is 4. The highest BCUT2D eigenvalue weighted by Gasteiger charge is 2.20. The minimum atomic E-state index is -4.47. The van der Waals surface area contributed by atoms with Crippen molar-refractivity contribution in [1.29, 1.82) is 0 Å². The van der Waals surface area contributed by atoms with Gasteiger partial charge in [0.2, 0.25) is 0 Å². The van der Waals surface area contributed by atoms with Crippen LogP contribution < -0.4 is 10.6 Å². The molecule has 0 fully saturated rings. The van der Waals surface area contributed by atoms with Gasteiger partial charge in [-0.3, -0.25) is 28.8 Å². The summed E-state index contributed by atoms with van der Waals surface area (Å²) in [6.07, 6.45) is 0. The van der Waals surface area contributed by atoms with Crippen molar-refractivity contribution in [3.63, 3.8) is 0 Å². The molecule has 0 heterocycles. The van der Waals surface area contributed by atoms with Gasteiger partial charge in [-0.1, -0.05) is 36.4 Å². The van der Waals surface area contributed by atoms with Gasteiger partial charge >= 0.3 is 0 Å². The largest absolute Gasteiger partial charge is 0.321 e. The number of nitro benzene ring substituents is 1. The summed E-state index contributed by atoms with van der Waals surface area (Å²) < 4.78 is 64.6. The van der Waals surface area contributed by atoms with E-state index >= 15 is 0 Å². The Balaban J connectivity index is 1.47. The number of anilines is 2. The van der Waals surface area contributed by atoms with E-state index in [9.17, 15) is 45.6 Å². The smallest absolute Gasteiger partial charge is 0.294 e. The van der Waals surface area contributed by atoms with Crippen LogP contribution in [-0.2, 0) is 20.2 Å². The van der Waals surface area contributed by atoms with E-state index in [1.807, 2.05) is 0 Å². The summed E-state index contributed by atoms with van der Waals surface area (Å²) in [5.74, 6) is -1.60. The molecule has 0 saturated heterocycles. The van der Waals surface area contributed by atoms with Crippen molar-refractivity contribution in [2.45, 2.75) is 9.79 Å². The lowest BCUT2D eigenvalue weighted by Crippen LogP contribution is -2.16. The Morgan fingerprint density at radius 2 is 1.05 bits per heavy atom. The molecule has 0 unspecified atom stereocenters. The van der Waals surface area contributed by atoms with Crippen LogP contribution in [0.2, 0.25) is 0 Å². The van der Waals surface area contributed by atoms with Gasteiger partial charge < -0.3 is 10.6 Å². The fraction of sp³-hybridized carbons (Fsp3) is 0. The Kier molecular flexibility index (Phi) is 7.41. The highest BCUT2D eigenvalue weighted by atomic mass is 32.2. The topological polar surface area (TPSA) is 210 Å². The molecule has 0 radical (unpaired) electrons. The van der Waals surface area contributed by atoms with Crippen LogP contribution in [0.4, 0.5) is 17.1 Å². The molecular weight excluding hydrogens is 602 g/mol. The molecule has 0 aliphatic heterocycles. The second kappa shape index (κ2) is 10.9. The summed E-state index contributed by atoms with van der Waals surface area (Å²) in [7, 11) is -8.93. The summed E-state index contributed by atoms with van der Waals surface area (Å²) in [5.41, 5.74) is -0.503. The van der Waals surface area contributed by atoms with Gasteiger partial charge in [0.25, 0.3) is 37.7 Å². The van der Waals surface area contributed by atoms with E-state index in [2.05, 4.69) is 10.6 Å². The molecule has 0 aromatic heterocycles. The van der Waals surface area contributed by atoms with Gasteiger partial charge in [0.15, 0.2) is 0 Å². The van der Waals surface area contributed by atoms with Crippen LogP contribution in [0.3, 0.4) is 0 Å². The molecule has 15 heteroatoms. The minimum Gasteiger partial charge on any atom is -0.321 e. The number of rotatable bonds is 7. The fourth-order valence-corrected chi connectivity index (χ4v) is 5.46. The first kappa shape index (κ1) is 29.3. The quantitative estimate of drug-likeness (QED) is 0.110. The molecule has 5 aromatic rings. The van der Waals surface area contributed by atoms with E-state index in [0.29, 0.717) is 21.5 Å². The number of hydrogen-bond acceptors (Lipinski definition) is 8. The molecule has 0 aliphatic rings. The number of non-ortho nitro benzene ring substituents is 1. The Bertz CT molecular complexity index is 2070. The molecule has 13 nitrogen and oxygen atoms in total. The zero-order valence-corrected chi connectivity index (χ0v) is 23.2. The second-order valence-electron chi connectivity index (χ2n) is 9.26. The van der Waals surface area contributed by atoms with E-state index in [4.69, 9.17) is 0 Å². The number of nitro groups is 1. The fourth-order valence-electron chi connectivity index (χ4n) is 4.43. The Hall–Kier alpha value is -5.22. The van der Waals surface area contributed by atoms with Gasteiger partial charge in [0.05, 0.1) is 14.7 Å². The predicted octanol–water partition coefficient (Wildman–Crippen LogP) is 4.90. The number of carbonyl (C=O) groups is 2. The van der Waals surface area contributed by atoms with Crippen LogP contribution in [0.1, 0.15) is 20.7 Å². The number of carbonyl (C=O) groups excluding carboxylic acids is 2. The van der Waals surface area contributed by atoms with Crippen LogP contribution in [0, 0.1) is 10.1 Å². The van der Waals surface area contributed by atoms with Crippen molar-refractivity contribution in [3.8, 4) is 0 Å². The van der Waals surface area contributed by atoms with Gasteiger partial charge in [-0.25, -0.2) is 0 Å². The first-order valence-electron chi connectivity index (χ1n) is 12.1. The molecule has 0 atom stereocenters. The third-order valence-corrected chi connectivity index (χ3v) is 8.15. The first-order valence-corrected chi connectivity index (χ1v) is 15.0. The van der Waals surface area contributed by atoms with Gasteiger partial charge in [-0.05, 0) is 53.2 Å². The highest BCUT2D eigenvalue weighted by molar-refractivity contribution is 7.86. The van der Waals surface area contributed by atoms with Gasteiger partial charge in [0, 0.05) is 45.4 Å². The summed E-state index contributed by atoms with van der Waals surface area (Å²) in [6, 6.07) is 19.8. The van der Waals surface area contributed by atoms with Crippen molar-refractivity contribution in [2.24, 2.45) is 0 Å². The van der Waals surface area contributed by atoms with Crippen LogP contribution in [0.5, 0.6) is 0 Å². The predicted molar refractivity (Wildman–Crippen MR) is 157 cm³/mol. The standard InChI is InChI=1S/C28H19N3O10S2/c32-27(29-25-5-1-3-16-14-21(42(36,37)38)7-9-23(16)25)18-11-19(13-20(12-18)31(34)35)28(33)30-26-6-2-4-17-15-22(43(39,40)41)8-10-24(17)26/h1-15H,(H,29,32)(H,30,33)(H,36,37,38)(H,39,40,41). The number of nitrogens with zero attached hydrogens (tertiary/aromatic N) is 1. The highest BCUT2D eigenvalue weighted by Crippen LogP contribution is 2.29. The third-order valence-electron chi connectivity index (χ3n) is 6.45. The van der Waals surface area contributed by atoms with E-state index in [0.717, 1.165) is 30.3 Å². The normalized spacial score (nSPS) is 11.8. The molecule has 5 aromatic carbocycles. The molecule has 0 saturated carbocycles. The van der Waals surface area contributed by atoms with E-state index < -0.39 is 42.7 Å². The molecule has 2 amide bonds. The Labute approximate surface area is 243 Å². The lowest BCUT2D eigenvalue weighted by Gasteiger charge is -2.12. The average molecular weight is 622 g/mol. The van der Waals surface area contributed by atoms with Gasteiger partial charge in [-0.15, -0.1) is 0 Å². The molecule has 0 aliphatic carbocycles. The van der Waals surface area contributed by atoms with Crippen molar-refractivity contribution < 1.29 is 40.5 Å². The van der Waals surface area contributed by atoms with Crippen LogP contribution in [0.25, 0.3) is 21.5 Å². The van der Waals surface area contributed by atoms with Crippen LogP contribution in [0.15, 0.2) is 101 Å². The summed E-state index contributed by atoms with van der Waals surface area (Å²) in [4.78, 5) is 36.6. The monoisotopic (exact) mass is 621 g/mol. The van der Waals surface area contributed by atoms with Gasteiger partial charge in [0.1, 0.15) is 0 Å². The SMILES string of the molecule is O=C(Nc1cccc2cc(S(=O)(=O)O)ccc12)c1cc(C(=O)Nc2cccc3cc(S(=O)(=O)O)ccc23)cc([N+](=O)[O-])c1. The van der Waals surface area contributed by atoms with Crippen molar-refractivity contribution in [3.05, 3.63) is 112 Å². The first-order chi connectivity index (χ1) is 20.2. The summed E-state index contributed by atoms with van der Waals surface area (Å²) in [6.45, 7) is 0. The molecule has 4 N–H and O–H groups in total. The van der Waals surface area contributed by atoms with E-state index in [1.165, 1.54) is 48.5 Å². The van der Waals surface area contributed by atoms with Gasteiger partial charge in [-0.2, -0.15) is 16.8 Å². The van der Waals surface area contributed by atoms with E-state index in [1.54, 1.807) is 12.1 Å². The lowest BCUT2D eigenvalue weighted by atomic mass is 10.1. The van der Waals surface area contributed by atoms with Crippen molar-refractivity contribution >= 4 is 70.7 Å². The number of nitrogens with one attached hydrogen (secondary N) is 2. The Morgan fingerprint density at radius 1 is 0.628 bits per heavy atom. The average Bonchev–Trinajstić information content (AvgIpc) is 2.95. The Morgan fingerprint density at radius 3 is 1.42 bits per heavy atom. The number of benzene rings is 5. The summed E-state index contributed by atoms with van der Waals surface area (Å²) in [5, 5.41) is 18.5. The maximum Gasteiger partial charge on any atom is 0.294 e. The van der Waals surface area contributed by atoms with Crippen molar-refractivity contribution in [2.75, 3.05) is 10.6 Å². The molecule has 0 bridgehead atoms. The van der Waals surface area contributed by atoms with Crippen molar-refractivity contribution in [1.82, 2.24) is 0 Å². The second-order valence-corrected chi connectivity index (χ2v) is 12.1. The molecule has 0 spiro atoms. The van der Waals surface area contributed by atoms with E-state index in [-0.39, 0.29) is 32.3 Å². The molecule has 218 valence electrons. The maximum absolute atomic E-state index is 13.2. The number of fused-ring (bicyclic) bond motifs is 2. The lowest BCUT2D eigenvalue weighted by molar-refractivity contribution is -0.384. The summed E-state index contributed by atoms with van der Waals surface area (Å²) >= 11 is 0. The molecular formula is C28H19N3O10S2. The molecule has 5 rings (SSSR count). The number of amides is 2. The maximum atomic E-state index is 13.2. The zero-order chi connectivity index (χ0) is 31.1. The minimum absolute atomic E-state index is 0.221.